The Kier molecular flexibility index (Phi) is 16.4. The summed E-state index contributed by atoms with van der Waals surface area (Å²) in [5.41, 5.74) is 0. The molecule has 29 heavy (non-hydrogen) atoms. The summed E-state index contributed by atoms with van der Waals surface area (Å²) in [6, 6.07) is -0.694. The van der Waals surface area contributed by atoms with E-state index in [1.54, 1.807) is 6.21 Å². The molecule has 0 heterocycles. The third-order valence-electron chi connectivity index (χ3n) is 4.35. The van der Waals surface area contributed by atoms with Crippen molar-refractivity contribution in [2.75, 3.05) is 13.7 Å². The minimum atomic E-state index is -0.694. The number of Topliss-reactive ketones (excluding diaryl/α,β-unsaturated/α-hetero) is 2. The fraction of sp³-hybridized carbons (Fsp3) is 0.762. The highest BCUT2D eigenvalue weighted by Gasteiger charge is 2.18. The normalized spacial score (nSPS) is 11.8. The van der Waals surface area contributed by atoms with Crippen LogP contribution in [0.3, 0.4) is 0 Å². The van der Waals surface area contributed by atoms with Crippen LogP contribution in [0.25, 0.3) is 0 Å². The fourth-order valence-corrected chi connectivity index (χ4v) is 2.67. The van der Waals surface area contributed by atoms with Gasteiger partial charge in [-0.1, -0.05) is 18.5 Å². The van der Waals surface area contributed by atoms with E-state index in [0.717, 1.165) is 32.1 Å². The summed E-state index contributed by atoms with van der Waals surface area (Å²) in [6.07, 6.45) is 8.87. The molecule has 8 nitrogen and oxygen atoms in total. The predicted molar refractivity (Wildman–Crippen MR) is 113 cm³/mol. The minimum absolute atomic E-state index is 0.00319. The number of hydrogen-bond donors (Lipinski definition) is 2. The quantitative estimate of drug-likeness (QED) is 0.204. The third-order valence-corrected chi connectivity index (χ3v) is 4.35. The van der Waals surface area contributed by atoms with Gasteiger partial charge in [-0.3, -0.25) is 19.2 Å². The number of nitrogens with one attached hydrogen (secondary N) is 2. The van der Waals surface area contributed by atoms with Gasteiger partial charge in [-0.15, -0.1) is 0 Å². The number of likely N-dealkylation sites (N-methyl/N-ethyl adjacent to an activating group) is 1. The van der Waals surface area contributed by atoms with Crippen LogP contribution in [0.1, 0.15) is 84.5 Å². The summed E-state index contributed by atoms with van der Waals surface area (Å²) in [6.45, 7) is 3.91. The van der Waals surface area contributed by atoms with E-state index in [9.17, 15) is 19.2 Å². The highest BCUT2D eigenvalue weighted by Crippen LogP contribution is 2.06. The van der Waals surface area contributed by atoms with Crippen molar-refractivity contribution in [3.05, 3.63) is 0 Å². The van der Waals surface area contributed by atoms with Crippen LogP contribution in [0.15, 0.2) is 5.16 Å². The lowest BCUT2D eigenvalue weighted by Crippen LogP contribution is -2.45. The Balaban J connectivity index is 3.73. The molecule has 0 unspecified atom stereocenters. The highest BCUT2D eigenvalue weighted by molar-refractivity contribution is 5.87. The van der Waals surface area contributed by atoms with Crippen molar-refractivity contribution in [2.24, 2.45) is 5.16 Å². The van der Waals surface area contributed by atoms with Gasteiger partial charge in [0, 0.05) is 45.9 Å². The average Bonchev–Trinajstić information content (AvgIpc) is 2.69. The lowest BCUT2D eigenvalue weighted by atomic mass is 10.1. The smallest absolute Gasteiger partial charge is 0.242 e. The number of amides is 2. The second kappa shape index (κ2) is 17.8. The number of carbonyl (C=O) groups is 4. The SMILES string of the molecule is CCCCC(=O)CCCCCO/N=C/CCC(=O)CC[C@H](NC(C)=O)C(=O)NC. The summed E-state index contributed by atoms with van der Waals surface area (Å²) in [5.74, 6) is -0.274. The van der Waals surface area contributed by atoms with Gasteiger partial charge in [0.1, 0.15) is 24.2 Å². The van der Waals surface area contributed by atoms with Crippen LogP contribution in [0.4, 0.5) is 0 Å². The van der Waals surface area contributed by atoms with E-state index < -0.39 is 6.04 Å². The van der Waals surface area contributed by atoms with Gasteiger partial charge in [-0.25, -0.2) is 0 Å². The molecule has 2 N–H and O–H groups in total. The van der Waals surface area contributed by atoms with Crippen molar-refractivity contribution in [3.8, 4) is 0 Å². The summed E-state index contributed by atoms with van der Waals surface area (Å²) in [5, 5.41) is 8.84. The zero-order valence-corrected chi connectivity index (χ0v) is 18.1. The van der Waals surface area contributed by atoms with E-state index >= 15 is 0 Å². The molecule has 0 saturated carbocycles. The van der Waals surface area contributed by atoms with E-state index in [1.807, 2.05) is 0 Å². The maximum atomic E-state index is 11.9. The maximum absolute atomic E-state index is 11.9. The van der Waals surface area contributed by atoms with Gasteiger partial charge in [-0.2, -0.15) is 0 Å². The minimum Gasteiger partial charge on any atom is -0.396 e. The Morgan fingerprint density at radius 1 is 0.966 bits per heavy atom. The zero-order valence-electron chi connectivity index (χ0n) is 18.1. The Hall–Kier alpha value is -2.25. The molecule has 2 amide bonds. The first-order chi connectivity index (χ1) is 13.9. The number of rotatable bonds is 18. The number of carbonyl (C=O) groups excluding carboxylic acids is 4. The van der Waals surface area contributed by atoms with Crippen LogP contribution in [0, 0.1) is 0 Å². The van der Waals surface area contributed by atoms with Gasteiger partial charge in [-0.05, 0) is 38.5 Å². The van der Waals surface area contributed by atoms with Crippen molar-refractivity contribution in [1.82, 2.24) is 10.6 Å². The Morgan fingerprint density at radius 2 is 1.66 bits per heavy atom. The van der Waals surface area contributed by atoms with E-state index in [2.05, 4.69) is 22.7 Å². The van der Waals surface area contributed by atoms with E-state index in [1.165, 1.54) is 14.0 Å². The molecule has 0 aliphatic heterocycles. The molecular formula is C21H37N3O5. The van der Waals surface area contributed by atoms with Gasteiger partial charge in [0.15, 0.2) is 0 Å². The van der Waals surface area contributed by atoms with Crippen LogP contribution in [0.2, 0.25) is 0 Å². The molecule has 0 saturated heterocycles. The number of hydrogen-bond acceptors (Lipinski definition) is 6. The van der Waals surface area contributed by atoms with Crippen molar-refractivity contribution in [2.45, 2.75) is 90.5 Å². The molecule has 0 radical (unpaired) electrons. The van der Waals surface area contributed by atoms with Crippen molar-refractivity contribution in [1.29, 1.82) is 0 Å². The first-order valence-electron chi connectivity index (χ1n) is 10.6. The molecule has 0 rings (SSSR count). The third kappa shape index (κ3) is 16.4. The van der Waals surface area contributed by atoms with Gasteiger partial charge in [0.05, 0.1) is 0 Å². The Bertz CT molecular complexity index is 534. The average molecular weight is 412 g/mol. The Labute approximate surface area is 174 Å². The zero-order chi connectivity index (χ0) is 21.9. The Morgan fingerprint density at radius 3 is 2.31 bits per heavy atom. The van der Waals surface area contributed by atoms with Crippen LogP contribution in [-0.2, 0) is 24.0 Å². The lowest BCUT2D eigenvalue weighted by molar-refractivity contribution is -0.128. The van der Waals surface area contributed by atoms with Crippen LogP contribution >= 0.6 is 0 Å². The molecule has 0 spiro atoms. The maximum Gasteiger partial charge on any atom is 0.242 e. The molecule has 166 valence electrons. The largest absolute Gasteiger partial charge is 0.396 e. The molecule has 0 aromatic rings. The molecule has 0 aromatic carbocycles. The second-order valence-corrected chi connectivity index (χ2v) is 7.06. The molecule has 0 aliphatic carbocycles. The molecule has 0 bridgehead atoms. The standard InChI is InChI=1S/C21H37N3O5/c1-4-5-10-18(26)11-7-6-8-16-29-23-15-9-12-19(27)13-14-20(21(28)22-3)24-17(2)25/h15,20H,4-14,16H2,1-3H3,(H,22,28)(H,24,25)/b23-15+/t20-/m0/s1. The lowest BCUT2D eigenvalue weighted by Gasteiger charge is -2.15. The van der Waals surface area contributed by atoms with Crippen LogP contribution in [0.5, 0.6) is 0 Å². The number of unbranched alkanes of at least 4 members (excludes halogenated alkanes) is 3. The molecule has 0 aliphatic rings. The number of nitrogens with zero attached hydrogens (tertiary/aromatic N) is 1. The molecule has 1 atom stereocenters. The topological polar surface area (TPSA) is 114 Å². The van der Waals surface area contributed by atoms with Gasteiger partial charge < -0.3 is 15.5 Å². The van der Waals surface area contributed by atoms with Crippen molar-refractivity contribution in [3.63, 3.8) is 0 Å². The van der Waals surface area contributed by atoms with E-state index in [0.29, 0.717) is 38.1 Å². The second-order valence-electron chi connectivity index (χ2n) is 7.06. The monoisotopic (exact) mass is 411 g/mol. The van der Waals surface area contributed by atoms with Crippen LogP contribution < -0.4 is 10.6 Å². The fourth-order valence-electron chi connectivity index (χ4n) is 2.67. The molecular weight excluding hydrogens is 374 g/mol. The van der Waals surface area contributed by atoms with Crippen molar-refractivity contribution >= 4 is 29.6 Å². The summed E-state index contributed by atoms with van der Waals surface area (Å²) < 4.78 is 0. The molecule has 0 fully saturated rings. The van der Waals surface area contributed by atoms with Gasteiger partial charge in [0.2, 0.25) is 11.8 Å². The first-order valence-corrected chi connectivity index (χ1v) is 10.6. The highest BCUT2D eigenvalue weighted by atomic mass is 16.6. The summed E-state index contributed by atoms with van der Waals surface area (Å²) in [4.78, 5) is 51.4. The molecule has 8 heteroatoms. The van der Waals surface area contributed by atoms with E-state index in [4.69, 9.17) is 4.84 Å². The van der Waals surface area contributed by atoms with Gasteiger partial charge in [0.25, 0.3) is 0 Å². The molecule has 0 aromatic heterocycles. The number of ketones is 2. The summed E-state index contributed by atoms with van der Waals surface area (Å²) >= 11 is 0. The van der Waals surface area contributed by atoms with Crippen molar-refractivity contribution < 1.29 is 24.0 Å². The first kappa shape index (κ1) is 26.8. The number of oxime groups is 1. The summed E-state index contributed by atoms with van der Waals surface area (Å²) in [7, 11) is 1.49. The van der Waals surface area contributed by atoms with E-state index in [-0.39, 0.29) is 30.4 Å². The van der Waals surface area contributed by atoms with Gasteiger partial charge >= 0.3 is 0 Å². The predicted octanol–water partition coefficient (Wildman–Crippen LogP) is 2.69. The van der Waals surface area contributed by atoms with Crippen LogP contribution in [-0.4, -0.2) is 49.3 Å².